The number of carbonyl (C=O) groups excluding carboxylic acids is 1. The summed E-state index contributed by atoms with van der Waals surface area (Å²) in [6.07, 6.45) is 5.96. The van der Waals surface area contributed by atoms with Gasteiger partial charge in [-0.3, -0.25) is 0 Å². The highest BCUT2D eigenvalue weighted by Crippen LogP contribution is 2.40. The van der Waals surface area contributed by atoms with Crippen molar-refractivity contribution in [3.63, 3.8) is 0 Å². The maximum absolute atomic E-state index is 10.8. The van der Waals surface area contributed by atoms with Crippen LogP contribution in [0.3, 0.4) is 0 Å². The van der Waals surface area contributed by atoms with Crippen LogP contribution in [0.1, 0.15) is 46.0 Å². The van der Waals surface area contributed by atoms with Gasteiger partial charge in [-0.1, -0.05) is 19.8 Å². The van der Waals surface area contributed by atoms with Gasteiger partial charge in [0.1, 0.15) is 5.78 Å². The van der Waals surface area contributed by atoms with Crippen LogP contribution in [-0.2, 0) is 4.79 Å². The Labute approximate surface area is 62.8 Å². The molecule has 0 bridgehead atoms. The molecule has 10 heavy (non-hydrogen) atoms. The zero-order valence-corrected chi connectivity index (χ0v) is 6.94. The molecule has 0 aliphatic heterocycles. The fraction of sp³-hybridized carbons (Fsp3) is 0.889. The van der Waals surface area contributed by atoms with Crippen LogP contribution in [0.15, 0.2) is 0 Å². The lowest BCUT2D eigenvalue weighted by atomic mass is 9.84. The van der Waals surface area contributed by atoms with E-state index in [0.29, 0.717) is 11.2 Å². The molecule has 1 aliphatic carbocycles. The predicted octanol–water partition coefficient (Wildman–Crippen LogP) is 2.55. The quantitative estimate of drug-likeness (QED) is 0.576. The molecular formula is C9H16O. The largest absolute Gasteiger partial charge is 0.300 e. The van der Waals surface area contributed by atoms with Crippen molar-refractivity contribution in [1.29, 1.82) is 0 Å². The third-order valence-corrected chi connectivity index (χ3v) is 2.49. The number of Topliss-reactive ketones (excluding diaryl/α,β-unsaturated/α-hetero) is 1. The zero-order chi connectivity index (χ0) is 7.61. The van der Waals surface area contributed by atoms with Crippen molar-refractivity contribution in [3.8, 4) is 0 Å². The summed E-state index contributed by atoms with van der Waals surface area (Å²) in [5, 5.41) is 0. The maximum Gasteiger partial charge on any atom is 0.130 e. The first-order valence-corrected chi connectivity index (χ1v) is 4.12. The average molecular weight is 140 g/mol. The van der Waals surface area contributed by atoms with Crippen molar-refractivity contribution in [3.05, 3.63) is 0 Å². The second kappa shape index (κ2) is 2.73. The van der Waals surface area contributed by atoms with E-state index >= 15 is 0 Å². The Kier molecular flexibility index (Phi) is 2.12. The minimum Gasteiger partial charge on any atom is -0.300 e. The highest BCUT2D eigenvalue weighted by molar-refractivity contribution is 5.76. The Morgan fingerprint density at radius 2 is 1.90 bits per heavy atom. The van der Waals surface area contributed by atoms with Gasteiger partial charge in [0.05, 0.1) is 0 Å². The summed E-state index contributed by atoms with van der Waals surface area (Å²) >= 11 is 0. The van der Waals surface area contributed by atoms with Crippen molar-refractivity contribution in [1.82, 2.24) is 0 Å². The van der Waals surface area contributed by atoms with Gasteiger partial charge in [0.25, 0.3) is 0 Å². The van der Waals surface area contributed by atoms with E-state index in [-0.39, 0.29) is 0 Å². The molecule has 1 aliphatic rings. The normalized spacial score (nSPS) is 23.0. The smallest absolute Gasteiger partial charge is 0.130 e. The van der Waals surface area contributed by atoms with E-state index in [1.165, 1.54) is 25.7 Å². The second-order valence-electron chi connectivity index (χ2n) is 3.90. The summed E-state index contributed by atoms with van der Waals surface area (Å²) < 4.78 is 0. The predicted molar refractivity (Wildman–Crippen MR) is 41.9 cm³/mol. The molecule has 0 aromatic heterocycles. The van der Waals surface area contributed by atoms with E-state index in [1.54, 1.807) is 6.92 Å². The van der Waals surface area contributed by atoms with Gasteiger partial charge in [-0.2, -0.15) is 0 Å². The minimum atomic E-state index is 0.351. The standard InChI is InChI=1S/C9H16O/c1-8(10)7-9(2)5-3-4-6-9/h3-7H2,1-2H3. The van der Waals surface area contributed by atoms with Crippen molar-refractivity contribution < 1.29 is 4.79 Å². The number of hydrogen-bond acceptors (Lipinski definition) is 1. The molecule has 0 aromatic carbocycles. The van der Waals surface area contributed by atoms with Gasteiger partial charge in [-0.25, -0.2) is 0 Å². The van der Waals surface area contributed by atoms with Crippen molar-refractivity contribution in [2.45, 2.75) is 46.0 Å². The van der Waals surface area contributed by atoms with Crippen LogP contribution in [0.4, 0.5) is 0 Å². The fourth-order valence-corrected chi connectivity index (χ4v) is 2.01. The van der Waals surface area contributed by atoms with Gasteiger partial charge in [0.2, 0.25) is 0 Å². The Bertz CT molecular complexity index is 132. The maximum atomic E-state index is 10.8. The monoisotopic (exact) mass is 140 g/mol. The number of carbonyl (C=O) groups is 1. The Balaban J connectivity index is 2.43. The number of ketones is 1. The molecule has 1 rings (SSSR count). The van der Waals surface area contributed by atoms with Gasteiger partial charge in [0, 0.05) is 6.42 Å². The fourth-order valence-electron chi connectivity index (χ4n) is 2.01. The van der Waals surface area contributed by atoms with Crippen LogP contribution in [-0.4, -0.2) is 5.78 Å². The van der Waals surface area contributed by atoms with E-state index in [4.69, 9.17) is 0 Å². The van der Waals surface area contributed by atoms with Crippen LogP contribution >= 0.6 is 0 Å². The van der Waals surface area contributed by atoms with Gasteiger partial charge in [-0.05, 0) is 25.2 Å². The third-order valence-electron chi connectivity index (χ3n) is 2.49. The van der Waals surface area contributed by atoms with Gasteiger partial charge >= 0.3 is 0 Å². The molecule has 1 saturated carbocycles. The summed E-state index contributed by atoms with van der Waals surface area (Å²) in [5.74, 6) is 0.351. The number of hydrogen-bond donors (Lipinski definition) is 0. The summed E-state index contributed by atoms with van der Waals surface area (Å²) in [4.78, 5) is 10.8. The molecule has 0 aromatic rings. The van der Waals surface area contributed by atoms with Gasteiger partial charge < -0.3 is 4.79 Å². The average Bonchev–Trinajstić information content (AvgIpc) is 2.12. The molecule has 0 atom stereocenters. The zero-order valence-electron chi connectivity index (χ0n) is 6.94. The van der Waals surface area contributed by atoms with E-state index in [0.717, 1.165) is 6.42 Å². The Hall–Kier alpha value is -0.330. The lowest BCUT2D eigenvalue weighted by Gasteiger charge is -2.20. The molecule has 0 spiro atoms. The van der Waals surface area contributed by atoms with Crippen molar-refractivity contribution >= 4 is 5.78 Å². The van der Waals surface area contributed by atoms with Crippen LogP contribution in [0.5, 0.6) is 0 Å². The molecule has 1 heteroatoms. The summed E-state index contributed by atoms with van der Waals surface area (Å²) in [6.45, 7) is 3.94. The lowest BCUT2D eigenvalue weighted by molar-refractivity contribution is -0.119. The molecular weight excluding hydrogens is 124 g/mol. The summed E-state index contributed by atoms with van der Waals surface area (Å²) in [7, 11) is 0. The van der Waals surface area contributed by atoms with E-state index in [1.807, 2.05) is 0 Å². The van der Waals surface area contributed by atoms with Gasteiger partial charge in [-0.15, -0.1) is 0 Å². The van der Waals surface area contributed by atoms with Crippen LogP contribution < -0.4 is 0 Å². The highest BCUT2D eigenvalue weighted by Gasteiger charge is 2.29. The van der Waals surface area contributed by atoms with E-state index < -0.39 is 0 Å². The minimum absolute atomic E-state index is 0.351. The molecule has 0 unspecified atom stereocenters. The molecule has 0 radical (unpaired) electrons. The SMILES string of the molecule is CC(=O)CC1(C)CCCC1. The lowest BCUT2D eigenvalue weighted by Crippen LogP contribution is -2.14. The second-order valence-corrected chi connectivity index (χ2v) is 3.90. The first-order chi connectivity index (χ1) is 4.62. The summed E-state index contributed by atoms with van der Waals surface area (Å²) in [5.41, 5.74) is 0.367. The van der Waals surface area contributed by atoms with E-state index in [9.17, 15) is 4.79 Å². The third kappa shape index (κ3) is 1.83. The van der Waals surface area contributed by atoms with Crippen LogP contribution in [0.25, 0.3) is 0 Å². The number of rotatable bonds is 2. The Morgan fingerprint density at radius 3 is 2.30 bits per heavy atom. The first kappa shape index (κ1) is 7.77. The van der Waals surface area contributed by atoms with Gasteiger partial charge in [0.15, 0.2) is 0 Å². The van der Waals surface area contributed by atoms with E-state index in [2.05, 4.69) is 6.92 Å². The molecule has 0 amide bonds. The molecule has 0 N–H and O–H groups in total. The van der Waals surface area contributed by atoms with Crippen molar-refractivity contribution in [2.24, 2.45) is 5.41 Å². The molecule has 58 valence electrons. The van der Waals surface area contributed by atoms with Crippen molar-refractivity contribution in [2.75, 3.05) is 0 Å². The first-order valence-electron chi connectivity index (χ1n) is 4.12. The topological polar surface area (TPSA) is 17.1 Å². The highest BCUT2D eigenvalue weighted by atomic mass is 16.1. The molecule has 0 heterocycles. The molecule has 1 fully saturated rings. The summed E-state index contributed by atoms with van der Waals surface area (Å²) in [6, 6.07) is 0. The van der Waals surface area contributed by atoms with Crippen LogP contribution in [0, 0.1) is 5.41 Å². The molecule has 1 nitrogen and oxygen atoms in total. The molecule has 0 saturated heterocycles. The Morgan fingerprint density at radius 1 is 1.40 bits per heavy atom. The van der Waals surface area contributed by atoms with Crippen LogP contribution in [0.2, 0.25) is 0 Å².